The monoisotopic (exact) mass is 320 g/mol. The van der Waals surface area contributed by atoms with Crippen molar-refractivity contribution >= 4 is 29.0 Å². The molecule has 0 fully saturated rings. The number of phenols is 1. The lowest BCUT2D eigenvalue weighted by atomic mass is 9.84. The Bertz CT molecular complexity index is 710. The van der Waals surface area contributed by atoms with Crippen LogP contribution >= 0.6 is 23.2 Å². The van der Waals surface area contributed by atoms with E-state index >= 15 is 0 Å². The van der Waals surface area contributed by atoms with Crippen molar-refractivity contribution in [3.63, 3.8) is 0 Å². The zero-order valence-electron chi connectivity index (χ0n) is 11.4. The minimum absolute atomic E-state index is 0.00764. The van der Waals surface area contributed by atoms with Crippen LogP contribution < -0.4 is 0 Å². The Balaban J connectivity index is 2.26. The second-order valence-electron chi connectivity index (χ2n) is 5.26. The first-order chi connectivity index (χ1) is 10.1. The van der Waals surface area contributed by atoms with Gasteiger partial charge in [-0.05, 0) is 23.6 Å². The number of ketones is 1. The molecule has 0 saturated heterocycles. The number of benzene rings is 2. The molecule has 1 aliphatic rings. The molecule has 4 heteroatoms. The van der Waals surface area contributed by atoms with Gasteiger partial charge in [-0.1, -0.05) is 60.5 Å². The molecular weight excluding hydrogens is 307 g/mol. The van der Waals surface area contributed by atoms with E-state index in [4.69, 9.17) is 23.2 Å². The lowest BCUT2D eigenvalue weighted by molar-refractivity contribution is 0.0926. The van der Waals surface area contributed by atoms with Crippen LogP contribution in [0.25, 0.3) is 0 Å². The topological polar surface area (TPSA) is 37.3 Å². The SMILES string of the molecule is CCC1C(=O)c2c(cc(O)c(Cl)c2Cl)C1c1ccccc1. The van der Waals surface area contributed by atoms with Gasteiger partial charge >= 0.3 is 0 Å². The van der Waals surface area contributed by atoms with E-state index < -0.39 is 0 Å². The van der Waals surface area contributed by atoms with Gasteiger partial charge in [0.1, 0.15) is 10.8 Å². The number of carbonyl (C=O) groups excluding carboxylic acids is 1. The fourth-order valence-corrected chi connectivity index (χ4v) is 3.62. The zero-order chi connectivity index (χ0) is 15.1. The smallest absolute Gasteiger partial charge is 0.168 e. The highest BCUT2D eigenvalue weighted by Crippen LogP contribution is 2.50. The standard InChI is InChI=1S/C17H14Cl2O2/c1-2-10-13(9-6-4-3-5-7-9)11-8-12(20)15(18)16(19)14(11)17(10)21/h3-8,10,13,20H,2H2,1H3. The van der Waals surface area contributed by atoms with E-state index in [1.807, 2.05) is 37.3 Å². The molecule has 0 spiro atoms. The second kappa shape index (κ2) is 5.36. The largest absolute Gasteiger partial charge is 0.506 e. The summed E-state index contributed by atoms with van der Waals surface area (Å²) >= 11 is 12.2. The van der Waals surface area contributed by atoms with Crippen molar-refractivity contribution in [2.45, 2.75) is 19.3 Å². The summed E-state index contributed by atoms with van der Waals surface area (Å²) in [5.74, 6) is -0.323. The van der Waals surface area contributed by atoms with Crippen molar-refractivity contribution in [3.8, 4) is 5.75 Å². The molecule has 1 aliphatic carbocycles. The van der Waals surface area contributed by atoms with E-state index in [1.54, 1.807) is 6.07 Å². The van der Waals surface area contributed by atoms with E-state index in [0.29, 0.717) is 12.0 Å². The predicted octanol–water partition coefficient (Wildman–Crippen LogP) is 5.05. The molecule has 2 nitrogen and oxygen atoms in total. The van der Waals surface area contributed by atoms with Gasteiger partial charge in [-0.25, -0.2) is 0 Å². The van der Waals surface area contributed by atoms with E-state index in [9.17, 15) is 9.90 Å². The van der Waals surface area contributed by atoms with Crippen LogP contribution in [0.5, 0.6) is 5.75 Å². The highest BCUT2D eigenvalue weighted by atomic mass is 35.5. The Morgan fingerprint density at radius 3 is 2.43 bits per heavy atom. The van der Waals surface area contributed by atoms with Crippen molar-refractivity contribution in [2.24, 2.45) is 5.92 Å². The first-order valence-corrected chi connectivity index (χ1v) is 7.61. The number of carbonyl (C=O) groups is 1. The number of halogens is 2. The third-order valence-electron chi connectivity index (χ3n) is 4.14. The van der Waals surface area contributed by atoms with Crippen molar-refractivity contribution < 1.29 is 9.90 Å². The van der Waals surface area contributed by atoms with Gasteiger partial charge in [0, 0.05) is 17.4 Å². The van der Waals surface area contributed by atoms with Crippen LogP contribution in [0.2, 0.25) is 10.0 Å². The maximum atomic E-state index is 12.7. The van der Waals surface area contributed by atoms with Crippen LogP contribution in [0.4, 0.5) is 0 Å². The summed E-state index contributed by atoms with van der Waals surface area (Å²) < 4.78 is 0. The Kier molecular flexibility index (Phi) is 3.68. The van der Waals surface area contributed by atoms with Crippen molar-refractivity contribution in [1.82, 2.24) is 0 Å². The molecule has 0 heterocycles. The number of rotatable bonds is 2. The van der Waals surface area contributed by atoms with E-state index in [2.05, 4.69) is 0 Å². The molecule has 0 radical (unpaired) electrons. The maximum absolute atomic E-state index is 12.7. The molecule has 2 unspecified atom stereocenters. The minimum Gasteiger partial charge on any atom is -0.506 e. The second-order valence-corrected chi connectivity index (χ2v) is 6.01. The van der Waals surface area contributed by atoms with Gasteiger partial charge in [0.2, 0.25) is 0 Å². The number of phenolic OH excluding ortho intramolecular Hbond substituents is 1. The number of aromatic hydroxyl groups is 1. The molecule has 1 N–H and O–H groups in total. The normalized spacial score (nSPS) is 20.6. The summed E-state index contributed by atoms with van der Waals surface area (Å²) in [5, 5.41) is 10.2. The third kappa shape index (κ3) is 2.14. The Morgan fingerprint density at radius 2 is 1.81 bits per heavy atom. The van der Waals surface area contributed by atoms with Crippen molar-refractivity contribution in [1.29, 1.82) is 0 Å². The zero-order valence-corrected chi connectivity index (χ0v) is 12.9. The Labute approximate surface area is 133 Å². The van der Waals surface area contributed by atoms with E-state index in [1.165, 1.54) is 0 Å². The van der Waals surface area contributed by atoms with Gasteiger partial charge < -0.3 is 5.11 Å². The number of hydrogen-bond donors (Lipinski definition) is 1. The molecule has 0 saturated carbocycles. The molecule has 3 rings (SSSR count). The van der Waals surface area contributed by atoms with Crippen molar-refractivity contribution in [2.75, 3.05) is 0 Å². The average molecular weight is 321 g/mol. The fraction of sp³-hybridized carbons (Fsp3) is 0.235. The summed E-state index contributed by atoms with van der Waals surface area (Å²) in [5.41, 5.74) is 2.28. The number of hydrogen-bond acceptors (Lipinski definition) is 2. The molecule has 2 aromatic carbocycles. The quantitative estimate of drug-likeness (QED) is 0.840. The highest BCUT2D eigenvalue weighted by molar-refractivity contribution is 6.45. The highest BCUT2D eigenvalue weighted by Gasteiger charge is 2.41. The summed E-state index contributed by atoms with van der Waals surface area (Å²) in [6, 6.07) is 11.4. The Morgan fingerprint density at radius 1 is 1.14 bits per heavy atom. The van der Waals surface area contributed by atoms with Crippen LogP contribution in [-0.2, 0) is 0 Å². The number of Topliss-reactive ketones (excluding diaryl/α,β-unsaturated/α-hetero) is 1. The van der Waals surface area contributed by atoms with Crippen LogP contribution in [0.3, 0.4) is 0 Å². The molecule has 2 aromatic rings. The van der Waals surface area contributed by atoms with E-state index in [-0.39, 0.29) is 33.4 Å². The van der Waals surface area contributed by atoms with E-state index in [0.717, 1.165) is 11.1 Å². The lowest BCUT2D eigenvalue weighted by Crippen LogP contribution is -2.13. The lowest BCUT2D eigenvalue weighted by Gasteiger charge is -2.18. The Hall–Kier alpha value is -1.51. The summed E-state index contributed by atoms with van der Waals surface area (Å²) in [6.45, 7) is 1.99. The predicted molar refractivity (Wildman–Crippen MR) is 84.5 cm³/mol. The van der Waals surface area contributed by atoms with Crippen LogP contribution in [-0.4, -0.2) is 10.9 Å². The molecular formula is C17H14Cl2O2. The maximum Gasteiger partial charge on any atom is 0.168 e. The summed E-state index contributed by atoms with van der Waals surface area (Å²) in [7, 11) is 0. The average Bonchev–Trinajstić information content (AvgIpc) is 2.77. The fourth-order valence-electron chi connectivity index (χ4n) is 3.17. The molecule has 0 bridgehead atoms. The number of fused-ring (bicyclic) bond motifs is 1. The summed E-state index contributed by atoms with van der Waals surface area (Å²) in [4.78, 5) is 12.7. The van der Waals surface area contributed by atoms with Gasteiger partial charge in [-0.15, -0.1) is 0 Å². The van der Waals surface area contributed by atoms with Gasteiger partial charge in [0.05, 0.1) is 5.02 Å². The van der Waals surface area contributed by atoms with Gasteiger partial charge in [-0.2, -0.15) is 0 Å². The molecule has 2 atom stereocenters. The van der Waals surface area contributed by atoms with Crippen molar-refractivity contribution in [3.05, 3.63) is 63.1 Å². The van der Waals surface area contributed by atoms with Gasteiger partial charge in [0.15, 0.2) is 5.78 Å². The molecule has 21 heavy (non-hydrogen) atoms. The first-order valence-electron chi connectivity index (χ1n) is 6.86. The summed E-state index contributed by atoms with van der Waals surface area (Å²) in [6.07, 6.45) is 0.710. The molecule has 0 aromatic heterocycles. The first kappa shape index (κ1) is 14.4. The third-order valence-corrected chi connectivity index (χ3v) is 4.99. The van der Waals surface area contributed by atoms with Crippen LogP contribution in [0, 0.1) is 5.92 Å². The molecule has 0 amide bonds. The van der Waals surface area contributed by atoms with Crippen LogP contribution in [0.15, 0.2) is 36.4 Å². The van der Waals surface area contributed by atoms with Gasteiger partial charge in [-0.3, -0.25) is 4.79 Å². The molecule has 0 aliphatic heterocycles. The van der Waals surface area contributed by atoms with Crippen LogP contribution in [0.1, 0.15) is 40.7 Å². The minimum atomic E-state index is -0.169. The van der Waals surface area contributed by atoms with Gasteiger partial charge in [0.25, 0.3) is 0 Å². The molecule has 108 valence electrons.